The van der Waals surface area contributed by atoms with Crippen LogP contribution in [0.3, 0.4) is 0 Å². The third-order valence-electron chi connectivity index (χ3n) is 4.41. The second-order valence-corrected chi connectivity index (χ2v) is 7.36. The number of hydrogen-bond acceptors (Lipinski definition) is 7. The van der Waals surface area contributed by atoms with E-state index in [4.69, 9.17) is 9.47 Å². The largest absolute Gasteiger partial charge is 0.497 e. The van der Waals surface area contributed by atoms with E-state index in [9.17, 15) is 0 Å². The fourth-order valence-corrected chi connectivity index (χ4v) is 3.70. The third kappa shape index (κ3) is 4.74. The predicted molar refractivity (Wildman–Crippen MR) is 112 cm³/mol. The molecule has 1 aliphatic rings. The quantitative estimate of drug-likeness (QED) is 0.628. The molecule has 4 rings (SSSR count). The number of nitrogens with one attached hydrogen (secondary N) is 1. The summed E-state index contributed by atoms with van der Waals surface area (Å²) in [6, 6.07) is 18.2. The summed E-state index contributed by atoms with van der Waals surface area (Å²) < 4.78 is 10.6. The lowest BCUT2D eigenvalue weighted by Gasteiger charge is -2.28. The maximum absolute atomic E-state index is 5.41. The molecule has 7 heteroatoms. The molecule has 0 aliphatic carbocycles. The van der Waals surface area contributed by atoms with Crippen molar-refractivity contribution in [1.29, 1.82) is 0 Å². The number of morpholine rings is 1. The summed E-state index contributed by atoms with van der Waals surface area (Å²) in [6.07, 6.45) is 1.77. The molecule has 2 aromatic carbocycles. The van der Waals surface area contributed by atoms with Gasteiger partial charge in [-0.05, 0) is 54.6 Å². The van der Waals surface area contributed by atoms with Crippen LogP contribution >= 0.6 is 11.8 Å². The van der Waals surface area contributed by atoms with Crippen molar-refractivity contribution >= 4 is 29.1 Å². The molecule has 0 radical (unpaired) electrons. The number of hydrogen-bond donors (Lipinski definition) is 1. The Labute approximate surface area is 168 Å². The first-order valence-corrected chi connectivity index (χ1v) is 9.96. The number of benzene rings is 2. The summed E-state index contributed by atoms with van der Waals surface area (Å²) in [4.78, 5) is 12.4. The number of ether oxygens (including phenoxy) is 2. The van der Waals surface area contributed by atoms with E-state index in [1.54, 1.807) is 25.1 Å². The van der Waals surface area contributed by atoms with Gasteiger partial charge in [-0.25, -0.2) is 9.97 Å². The third-order valence-corrected chi connectivity index (χ3v) is 5.36. The van der Waals surface area contributed by atoms with Crippen LogP contribution in [0.2, 0.25) is 0 Å². The van der Waals surface area contributed by atoms with Crippen LogP contribution in [0.4, 0.5) is 17.3 Å². The van der Waals surface area contributed by atoms with Crippen molar-refractivity contribution in [2.75, 3.05) is 43.6 Å². The average Bonchev–Trinajstić information content (AvgIpc) is 2.76. The minimum absolute atomic E-state index is 0.581. The van der Waals surface area contributed by atoms with Crippen LogP contribution in [-0.2, 0) is 4.74 Å². The molecule has 0 atom stereocenters. The first-order chi connectivity index (χ1) is 13.8. The molecule has 1 aliphatic heterocycles. The van der Waals surface area contributed by atoms with E-state index in [-0.39, 0.29) is 0 Å². The lowest BCUT2D eigenvalue weighted by Crippen LogP contribution is -2.36. The Morgan fingerprint density at radius 2 is 1.75 bits per heavy atom. The first-order valence-electron chi connectivity index (χ1n) is 9.15. The average molecular weight is 395 g/mol. The van der Waals surface area contributed by atoms with Gasteiger partial charge in [0.1, 0.15) is 10.8 Å². The number of methoxy groups -OCH3 is 1. The van der Waals surface area contributed by atoms with Crippen molar-refractivity contribution < 1.29 is 9.47 Å². The van der Waals surface area contributed by atoms with Crippen LogP contribution in [0.5, 0.6) is 5.75 Å². The lowest BCUT2D eigenvalue weighted by molar-refractivity contribution is 0.122. The maximum Gasteiger partial charge on any atom is 0.228 e. The minimum atomic E-state index is 0.581. The number of nitrogens with zero attached hydrogens (tertiary/aromatic N) is 3. The molecule has 144 valence electrons. The van der Waals surface area contributed by atoms with E-state index in [0.717, 1.165) is 47.7 Å². The van der Waals surface area contributed by atoms with Crippen LogP contribution in [-0.4, -0.2) is 43.4 Å². The molecule has 0 saturated carbocycles. The highest BCUT2D eigenvalue weighted by atomic mass is 32.2. The Kier molecular flexibility index (Phi) is 5.94. The summed E-state index contributed by atoms with van der Waals surface area (Å²) in [5.74, 6) is 1.42. The Balaban J connectivity index is 1.41. The Morgan fingerprint density at radius 3 is 2.46 bits per heavy atom. The van der Waals surface area contributed by atoms with Crippen molar-refractivity contribution in [3.05, 3.63) is 60.8 Å². The highest BCUT2D eigenvalue weighted by Crippen LogP contribution is 2.28. The van der Waals surface area contributed by atoms with Gasteiger partial charge in [-0.2, -0.15) is 0 Å². The zero-order valence-electron chi connectivity index (χ0n) is 15.7. The minimum Gasteiger partial charge on any atom is -0.497 e. The van der Waals surface area contributed by atoms with Gasteiger partial charge in [-0.3, -0.25) is 0 Å². The monoisotopic (exact) mass is 394 g/mol. The fourth-order valence-electron chi connectivity index (χ4n) is 2.93. The number of anilines is 3. The normalized spacial score (nSPS) is 14.0. The fraction of sp³-hybridized carbons (Fsp3) is 0.238. The van der Waals surface area contributed by atoms with Gasteiger partial charge < -0.3 is 19.7 Å². The van der Waals surface area contributed by atoms with Gasteiger partial charge >= 0.3 is 0 Å². The van der Waals surface area contributed by atoms with Crippen LogP contribution in [0.25, 0.3) is 0 Å². The summed E-state index contributed by atoms with van der Waals surface area (Å²) >= 11 is 1.59. The SMILES string of the molecule is COc1ccc(Sc2ccnc(Nc3ccc(N4CCOCC4)cc3)n2)cc1. The Bertz CT molecular complexity index is 897. The molecular formula is C21H22N4O2S. The molecule has 28 heavy (non-hydrogen) atoms. The van der Waals surface area contributed by atoms with Gasteiger partial charge in [0.2, 0.25) is 5.95 Å². The number of aromatic nitrogens is 2. The second-order valence-electron chi connectivity index (χ2n) is 6.27. The van der Waals surface area contributed by atoms with Crippen molar-refractivity contribution in [2.24, 2.45) is 0 Å². The Morgan fingerprint density at radius 1 is 1.00 bits per heavy atom. The van der Waals surface area contributed by atoms with E-state index < -0.39 is 0 Å². The van der Waals surface area contributed by atoms with Crippen molar-refractivity contribution in [3.63, 3.8) is 0 Å². The van der Waals surface area contributed by atoms with Crippen molar-refractivity contribution in [2.45, 2.75) is 9.92 Å². The number of rotatable bonds is 6. The van der Waals surface area contributed by atoms with Crippen LogP contribution < -0.4 is 15.0 Å². The van der Waals surface area contributed by atoms with E-state index in [1.165, 1.54) is 5.69 Å². The second kappa shape index (κ2) is 8.95. The smallest absolute Gasteiger partial charge is 0.228 e. The van der Waals surface area contributed by atoms with E-state index in [2.05, 4.69) is 44.5 Å². The van der Waals surface area contributed by atoms with Gasteiger partial charge in [0.05, 0.1) is 20.3 Å². The van der Waals surface area contributed by atoms with Gasteiger partial charge in [-0.1, -0.05) is 11.8 Å². The molecule has 0 bridgehead atoms. The predicted octanol–water partition coefficient (Wildman–Crippen LogP) is 4.22. The molecule has 6 nitrogen and oxygen atoms in total. The summed E-state index contributed by atoms with van der Waals surface area (Å²) in [5, 5.41) is 4.16. The van der Waals surface area contributed by atoms with Crippen LogP contribution in [0.1, 0.15) is 0 Å². The van der Waals surface area contributed by atoms with Crippen LogP contribution in [0.15, 0.2) is 70.7 Å². The highest BCUT2D eigenvalue weighted by Gasteiger charge is 2.11. The molecule has 3 aromatic rings. The zero-order valence-corrected chi connectivity index (χ0v) is 16.5. The van der Waals surface area contributed by atoms with E-state index >= 15 is 0 Å². The molecule has 2 heterocycles. The van der Waals surface area contributed by atoms with Gasteiger partial charge in [0.25, 0.3) is 0 Å². The summed E-state index contributed by atoms with van der Waals surface area (Å²) in [5.41, 5.74) is 2.17. The molecular weight excluding hydrogens is 372 g/mol. The first kappa shape index (κ1) is 18.6. The lowest BCUT2D eigenvalue weighted by atomic mass is 10.2. The molecule has 1 saturated heterocycles. The van der Waals surface area contributed by atoms with Crippen molar-refractivity contribution in [1.82, 2.24) is 9.97 Å². The molecule has 0 spiro atoms. The van der Waals surface area contributed by atoms with E-state index in [1.807, 2.05) is 30.3 Å². The van der Waals surface area contributed by atoms with Crippen LogP contribution in [0, 0.1) is 0 Å². The summed E-state index contributed by atoms with van der Waals surface area (Å²) in [7, 11) is 1.66. The maximum atomic E-state index is 5.41. The Hall–Kier alpha value is -2.77. The molecule has 1 fully saturated rings. The van der Waals surface area contributed by atoms with Gasteiger partial charge in [-0.15, -0.1) is 0 Å². The zero-order chi connectivity index (χ0) is 19.2. The summed E-state index contributed by atoms with van der Waals surface area (Å²) in [6.45, 7) is 3.43. The standard InChI is InChI=1S/C21H22N4O2S/c1-26-18-6-8-19(9-7-18)28-20-10-11-22-21(24-20)23-16-2-4-17(5-3-16)25-12-14-27-15-13-25/h2-11H,12-15H2,1H3,(H,22,23,24). The topological polar surface area (TPSA) is 59.5 Å². The molecule has 0 unspecified atom stereocenters. The molecule has 0 amide bonds. The van der Waals surface area contributed by atoms with Crippen molar-refractivity contribution in [3.8, 4) is 5.75 Å². The van der Waals surface area contributed by atoms with Gasteiger partial charge in [0.15, 0.2) is 0 Å². The van der Waals surface area contributed by atoms with Gasteiger partial charge in [0, 0.05) is 35.6 Å². The molecule has 1 aromatic heterocycles. The molecule has 1 N–H and O–H groups in total. The van der Waals surface area contributed by atoms with E-state index in [0.29, 0.717) is 5.95 Å². The highest BCUT2D eigenvalue weighted by molar-refractivity contribution is 7.99.